The van der Waals surface area contributed by atoms with Crippen molar-refractivity contribution in [1.29, 1.82) is 0 Å². The van der Waals surface area contributed by atoms with E-state index in [2.05, 4.69) is 17.4 Å². The number of benzene rings is 1. The van der Waals surface area contributed by atoms with E-state index in [4.69, 9.17) is 0 Å². The highest BCUT2D eigenvalue weighted by molar-refractivity contribution is 5.77. The first-order valence-corrected chi connectivity index (χ1v) is 8.69. The lowest BCUT2D eigenvalue weighted by Crippen LogP contribution is -2.38. The summed E-state index contributed by atoms with van der Waals surface area (Å²) < 4.78 is 0. The minimum Gasteiger partial charge on any atom is -0.356 e. The molecule has 1 heterocycles. The van der Waals surface area contributed by atoms with E-state index in [1.807, 2.05) is 30.1 Å². The standard InChI is InChI=1S/C19H26N2O2/c1-21(17-10-15-12-18(22)20-13-16(15)11-17)19(23)9-5-8-14-6-3-2-4-7-14/h2-4,6-7,15-17H,5,8-13H2,1H3,(H,20,22)/t15-,16+,17-/m1/s1. The molecule has 1 saturated heterocycles. The van der Waals surface area contributed by atoms with Gasteiger partial charge in [-0.2, -0.15) is 0 Å². The molecule has 2 aliphatic rings. The molecule has 124 valence electrons. The molecule has 3 rings (SSSR count). The summed E-state index contributed by atoms with van der Waals surface area (Å²) in [5.41, 5.74) is 1.29. The zero-order valence-electron chi connectivity index (χ0n) is 13.8. The van der Waals surface area contributed by atoms with Crippen molar-refractivity contribution in [2.45, 2.75) is 44.6 Å². The lowest BCUT2D eigenvalue weighted by Gasteiger charge is -2.25. The van der Waals surface area contributed by atoms with Crippen LogP contribution >= 0.6 is 0 Å². The number of carbonyl (C=O) groups excluding carboxylic acids is 2. The third-order valence-electron chi connectivity index (χ3n) is 5.47. The van der Waals surface area contributed by atoms with E-state index in [-0.39, 0.29) is 11.8 Å². The van der Waals surface area contributed by atoms with Crippen molar-refractivity contribution < 1.29 is 9.59 Å². The van der Waals surface area contributed by atoms with Gasteiger partial charge in [-0.05, 0) is 43.1 Å². The molecule has 4 heteroatoms. The van der Waals surface area contributed by atoms with Crippen LogP contribution in [0.4, 0.5) is 0 Å². The van der Waals surface area contributed by atoms with Crippen molar-refractivity contribution in [2.75, 3.05) is 13.6 Å². The van der Waals surface area contributed by atoms with Crippen molar-refractivity contribution in [3.05, 3.63) is 35.9 Å². The average molecular weight is 314 g/mol. The van der Waals surface area contributed by atoms with E-state index >= 15 is 0 Å². The second-order valence-electron chi connectivity index (χ2n) is 7.00. The Kier molecular flexibility index (Phi) is 4.99. The number of fused-ring (bicyclic) bond motifs is 1. The van der Waals surface area contributed by atoms with E-state index in [1.165, 1.54) is 5.56 Å². The fourth-order valence-corrected chi connectivity index (χ4v) is 4.02. The molecule has 0 unspecified atom stereocenters. The van der Waals surface area contributed by atoms with Crippen LogP contribution in [-0.4, -0.2) is 36.3 Å². The average Bonchev–Trinajstić information content (AvgIpc) is 2.98. The molecule has 0 radical (unpaired) electrons. The van der Waals surface area contributed by atoms with Crippen LogP contribution in [0.2, 0.25) is 0 Å². The third kappa shape index (κ3) is 3.92. The molecule has 1 aliphatic carbocycles. The second kappa shape index (κ2) is 7.16. The Bertz CT molecular complexity index is 558. The highest BCUT2D eigenvalue weighted by atomic mass is 16.2. The number of amides is 2. The Balaban J connectivity index is 1.45. The summed E-state index contributed by atoms with van der Waals surface area (Å²) in [5.74, 6) is 1.43. The molecule has 0 aromatic heterocycles. The van der Waals surface area contributed by atoms with Crippen LogP contribution in [0.5, 0.6) is 0 Å². The van der Waals surface area contributed by atoms with Crippen LogP contribution in [0.15, 0.2) is 30.3 Å². The number of nitrogens with one attached hydrogen (secondary N) is 1. The molecule has 1 aromatic carbocycles. The number of nitrogens with zero attached hydrogens (tertiary/aromatic N) is 1. The zero-order valence-corrected chi connectivity index (χ0v) is 13.8. The van der Waals surface area contributed by atoms with E-state index in [1.54, 1.807) is 0 Å². The van der Waals surface area contributed by atoms with Gasteiger partial charge in [0, 0.05) is 32.5 Å². The smallest absolute Gasteiger partial charge is 0.222 e. The summed E-state index contributed by atoms with van der Waals surface area (Å²) in [6, 6.07) is 10.6. The number of rotatable bonds is 5. The maximum atomic E-state index is 12.4. The highest BCUT2D eigenvalue weighted by Gasteiger charge is 2.40. The van der Waals surface area contributed by atoms with Gasteiger partial charge in [0.05, 0.1) is 0 Å². The molecule has 1 N–H and O–H groups in total. The summed E-state index contributed by atoms with van der Waals surface area (Å²) in [7, 11) is 1.93. The van der Waals surface area contributed by atoms with Crippen molar-refractivity contribution in [3.63, 3.8) is 0 Å². The molecule has 1 saturated carbocycles. The minimum absolute atomic E-state index is 0.170. The lowest BCUT2D eigenvalue weighted by molar-refractivity contribution is -0.132. The maximum absolute atomic E-state index is 12.4. The van der Waals surface area contributed by atoms with Crippen LogP contribution < -0.4 is 5.32 Å². The van der Waals surface area contributed by atoms with Crippen molar-refractivity contribution in [2.24, 2.45) is 11.8 Å². The van der Waals surface area contributed by atoms with Gasteiger partial charge in [0.1, 0.15) is 0 Å². The Labute approximate surface area is 138 Å². The predicted molar refractivity (Wildman–Crippen MR) is 89.8 cm³/mol. The number of carbonyl (C=O) groups is 2. The molecule has 3 atom stereocenters. The van der Waals surface area contributed by atoms with Crippen molar-refractivity contribution in [1.82, 2.24) is 10.2 Å². The molecular weight excluding hydrogens is 288 g/mol. The molecule has 1 aliphatic heterocycles. The number of hydrogen-bond acceptors (Lipinski definition) is 2. The zero-order chi connectivity index (χ0) is 16.2. The fourth-order valence-electron chi connectivity index (χ4n) is 4.02. The molecule has 2 fully saturated rings. The Morgan fingerprint density at radius 2 is 1.96 bits per heavy atom. The van der Waals surface area contributed by atoms with E-state index in [0.29, 0.717) is 30.7 Å². The first-order chi connectivity index (χ1) is 11.1. The summed E-state index contributed by atoms with van der Waals surface area (Å²) >= 11 is 0. The van der Waals surface area contributed by atoms with Gasteiger partial charge < -0.3 is 10.2 Å². The Morgan fingerprint density at radius 3 is 2.74 bits per heavy atom. The Morgan fingerprint density at radius 1 is 1.22 bits per heavy atom. The van der Waals surface area contributed by atoms with Crippen LogP contribution in [0.3, 0.4) is 0 Å². The SMILES string of the molecule is CN(C(=O)CCCc1ccccc1)[C@H]1C[C@H]2CNC(=O)C[C@H]2C1. The number of hydrogen-bond donors (Lipinski definition) is 1. The second-order valence-corrected chi connectivity index (χ2v) is 7.00. The normalized spacial score (nSPS) is 26.5. The predicted octanol–water partition coefficient (Wildman–Crippen LogP) is 2.38. The molecule has 0 bridgehead atoms. The first kappa shape index (κ1) is 16.0. The van der Waals surface area contributed by atoms with Gasteiger partial charge in [-0.15, -0.1) is 0 Å². The third-order valence-corrected chi connectivity index (χ3v) is 5.47. The van der Waals surface area contributed by atoms with E-state index in [9.17, 15) is 9.59 Å². The molecular formula is C19H26N2O2. The maximum Gasteiger partial charge on any atom is 0.222 e. The van der Waals surface area contributed by atoms with Gasteiger partial charge in [-0.3, -0.25) is 9.59 Å². The minimum atomic E-state index is 0.170. The van der Waals surface area contributed by atoms with Gasteiger partial charge in [0.2, 0.25) is 11.8 Å². The molecule has 0 spiro atoms. The van der Waals surface area contributed by atoms with Crippen LogP contribution in [0.25, 0.3) is 0 Å². The largest absolute Gasteiger partial charge is 0.356 e. The van der Waals surface area contributed by atoms with Gasteiger partial charge in [-0.1, -0.05) is 30.3 Å². The molecule has 2 amide bonds. The Hall–Kier alpha value is -1.84. The van der Waals surface area contributed by atoms with Crippen LogP contribution in [-0.2, 0) is 16.0 Å². The first-order valence-electron chi connectivity index (χ1n) is 8.69. The summed E-state index contributed by atoms with van der Waals surface area (Å²) in [5, 5.41) is 2.95. The molecule has 4 nitrogen and oxygen atoms in total. The summed E-state index contributed by atoms with van der Waals surface area (Å²) in [6.07, 6.45) is 5.11. The van der Waals surface area contributed by atoms with Gasteiger partial charge >= 0.3 is 0 Å². The monoisotopic (exact) mass is 314 g/mol. The molecule has 23 heavy (non-hydrogen) atoms. The summed E-state index contributed by atoms with van der Waals surface area (Å²) in [6.45, 7) is 0.788. The fraction of sp³-hybridized carbons (Fsp3) is 0.579. The highest BCUT2D eigenvalue weighted by Crippen LogP contribution is 2.38. The van der Waals surface area contributed by atoms with Gasteiger partial charge in [-0.25, -0.2) is 0 Å². The topological polar surface area (TPSA) is 49.4 Å². The van der Waals surface area contributed by atoms with E-state index in [0.717, 1.165) is 32.2 Å². The lowest BCUT2D eigenvalue weighted by atomic mass is 9.89. The van der Waals surface area contributed by atoms with Crippen molar-refractivity contribution in [3.8, 4) is 0 Å². The van der Waals surface area contributed by atoms with Crippen LogP contribution in [0.1, 0.15) is 37.7 Å². The number of piperidine rings is 1. The quantitative estimate of drug-likeness (QED) is 0.907. The van der Waals surface area contributed by atoms with Gasteiger partial charge in [0.15, 0.2) is 0 Å². The molecule has 1 aromatic rings. The van der Waals surface area contributed by atoms with Gasteiger partial charge in [0.25, 0.3) is 0 Å². The summed E-state index contributed by atoms with van der Waals surface area (Å²) in [4.78, 5) is 25.9. The van der Waals surface area contributed by atoms with E-state index < -0.39 is 0 Å². The van der Waals surface area contributed by atoms with Crippen LogP contribution in [0, 0.1) is 11.8 Å². The van der Waals surface area contributed by atoms with Crippen molar-refractivity contribution >= 4 is 11.8 Å². The number of aryl methyl sites for hydroxylation is 1.